The second kappa shape index (κ2) is 6.81. The van der Waals surface area contributed by atoms with Crippen molar-refractivity contribution in [2.45, 2.75) is 6.92 Å². The highest BCUT2D eigenvalue weighted by atomic mass is 35.5. The number of halogens is 2. The highest BCUT2D eigenvalue weighted by Gasteiger charge is 2.06. The van der Waals surface area contributed by atoms with Gasteiger partial charge in [-0.05, 0) is 42.8 Å². The summed E-state index contributed by atoms with van der Waals surface area (Å²) in [5, 5.41) is 15.2. The average molecular weight is 346 g/mol. The Hall–Kier alpha value is -2.37. The molecule has 3 aromatic rings. The predicted molar refractivity (Wildman–Crippen MR) is 94.0 cm³/mol. The molecule has 0 fully saturated rings. The van der Waals surface area contributed by atoms with Gasteiger partial charge in [0, 0.05) is 10.7 Å². The third-order valence-electron chi connectivity index (χ3n) is 3.02. The first-order valence-electron chi connectivity index (χ1n) is 6.86. The largest absolute Gasteiger partial charge is 0.339 e. The van der Waals surface area contributed by atoms with Gasteiger partial charge in [-0.25, -0.2) is 0 Å². The Balaban J connectivity index is 1.81. The van der Waals surface area contributed by atoms with E-state index in [9.17, 15) is 0 Å². The van der Waals surface area contributed by atoms with Crippen LogP contribution in [-0.4, -0.2) is 15.2 Å². The average Bonchev–Trinajstić information content (AvgIpc) is 2.51. The summed E-state index contributed by atoms with van der Waals surface area (Å²) in [6.45, 7) is 2.03. The summed E-state index contributed by atoms with van der Waals surface area (Å²) in [6, 6.07) is 13.1. The van der Waals surface area contributed by atoms with Gasteiger partial charge in [0.25, 0.3) is 0 Å². The van der Waals surface area contributed by atoms with Gasteiger partial charge >= 0.3 is 0 Å². The van der Waals surface area contributed by atoms with Crippen molar-refractivity contribution >= 4 is 46.3 Å². The fourth-order valence-corrected chi connectivity index (χ4v) is 2.34. The number of nitrogens with one attached hydrogen (secondary N) is 2. The van der Waals surface area contributed by atoms with Gasteiger partial charge in [-0.1, -0.05) is 35.3 Å². The van der Waals surface area contributed by atoms with Gasteiger partial charge in [0.05, 0.1) is 16.9 Å². The molecular formula is C16H13Cl2N5. The molecule has 0 amide bonds. The maximum atomic E-state index is 6.12. The maximum absolute atomic E-state index is 6.12. The molecule has 0 unspecified atom stereocenters. The van der Waals surface area contributed by atoms with Gasteiger partial charge < -0.3 is 10.6 Å². The monoisotopic (exact) mass is 345 g/mol. The number of rotatable bonds is 4. The van der Waals surface area contributed by atoms with E-state index in [2.05, 4.69) is 25.8 Å². The first kappa shape index (κ1) is 15.5. The predicted octanol–water partition coefficient (Wildman–Crippen LogP) is 4.97. The van der Waals surface area contributed by atoms with Crippen LogP contribution in [0.2, 0.25) is 10.0 Å². The molecule has 2 N–H and O–H groups in total. The van der Waals surface area contributed by atoms with E-state index in [1.165, 1.54) is 0 Å². The zero-order valence-electron chi connectivity index (χ0n) is 12.2. The number of anilines is 4. The summed E-state index contributed by atoms with van der Waals surface area (Å²) in [5.74, 6) is 0.901. The fourth-order valence-electron chi connectivity index (χ4n) is 2.00. The molecule has 3 rings (SSSR count). The smallest absolute Gasteiger partial charge is 0.249 e. The minimum Gasteiger partial charge on any atom is -0.339 e. The zero-order chi connectivity index (χ0) is 16.2. The second-order valence-corrected chi connectivity index (χ2v) is 5.75. The molecule has 1 heterocycles. The van der Waals surface area contributed by atoms with Crippen LogP contribution in [0.15, 0.2) is 48.7 Å². The van der Waals surface area contributed by atoms with Crippen molar-refractivity contribution in [2.24, 2.45) is 0 Å². The lowest BCUT2D eigenvalue weighted by molar-refractivity contribution is 0.982. The number of aromatic nitrogens is 3. The minimum absolute atomic E-state index is 0.326. The summed E-state index contributed by atoms with van der Waals surface area (Å²) >= 11 is 12.1. The Morgan fingerprint density at radius 1 is 1.00 bits per heavy atom. The lowest BCUT2D eigenvalue weighted by Gasteiger charge is -2.09. The molecule has 116 valence electrons. The summed E-state index contributed by atoms with van der Waals surface area (Å²) < 4.78 is 0. The topological polar surface area (TPSA) is 62.7 Å². The zero-order valence-corrected chi connectivity index (χ0v) is 13.7. The maximum Gasteiger partial charge on any atom is 0.249 e. The van der Waals surface area contributed by atoms with E-state index >= 15 is 0 Å². The molecule has 0 bridgehead atoms. The number of hydrogen-bond donors (Lipinski definition) is 2. The Labute approximate surface area is 143 Å². The van der Waals surface area contributed by atoms with Crippen molar-refractivity contribution in [2.75, 3.05) is 10.6 Å². The van der Waals surface area contributed by atoms with E-state index < -0.39 is 0 Å². The van der Waals surface area contributed by atoms with Gasteiger partial charge in [-0.15, -0.1) is 5.10 Å². The van der Waals surface area contributed by atoms with Crippen LogP contribution in [0.5, 0.6) is 0 Å². The third kappa shape index (κ3) is 4.09. The molecule has 0 aliphatic carbocycles. The SMILES string of the molecule is Cc1cccc(Nc2cnnc(Nc3cc(Cl)ccc3Cl)n2)c1. The van der Waals surface area contributed by atoms with Crippen molar-refractivity contribution in [3.8, 4) is 0 Å². The van der Waals surface area contributed by atoms with Gasteiger partial charge in [0.15, 0.2) is 5.82 Å². The number of aryl methyl sites for hydroxylation is 1. The Morgan fingerprint density at radius 3 is 2.70 bits per heavy atom. The summed E-state index contributed by atoms with van der Waals surface area (Å²) in [4.78, 5) is 4.37. The first-order chi connectivity index (χ1) is 11.1. The van der Waals surface area contributed by atoms with Crippen molar-refractivity contribution in [3.05, 3.63) is 64.3 Å². The van der Waals surface area contributed by atoms with Crippen LogP contribution in [0.3, 0.4) is 0 Å². The molecule has 0 radical (unpaired) electrons. The molecule has 7 heteroatoms. The standard InChI is InChI=1S/C16H13Cl2N5/c1-10-3-2-4-12(7-10)20-15-9-19-23-16(22-15)21-14-8-11(17)5-6-13(14)18/h2-9H,1H3,(H2,20,21,22,23). The number of benzene rings is 2. The molecule has 23 heavy (non-hydrogen) atoms. The van der Waals surface area contributed by atoms with E-state index in [1.807, 2.05) is 31.2 Å². The molecule has 0 saturated carbocycles. The van der Waals surface area contributed by atoms with Crippen LogP contribution in [0.1, 0.15) is 5.56 Å². The molecule has 5 nitrogen and oxygen atoms in total. The van der Waals surface area contributed by atoms with Gasteiger partial charge in [-0.3, -0.25) is 0 Å². The quantitative estimate of drug-likeness (QED) is 0.698. The molecular weight excluding hydrogens is 333 g/mol. The minimum atomic E-state index is 0.326. The van der Waals surface area contributed by atoms with Crippen molar-refractivity contribution in [3.63, 3.8) is 0 Å². The molecule has 0 saturated heterocycles. The van der Waals surface area contributed by atoms with E-state index in [-0.39, 0.29) is 0 Å². The van der Waals surface area contributed by atoms with E-state index in [0.717, 1.165) is 11.3 Å². The lowest BCUT2D eigenvalue weighted by Crippen LogP contribution is -2.02. The lowest BCUT2D eigenvalue weighted by atomic mass is 10.2. The normalized spacial score (nSPS) is 10.4. The van der Waals surface area contributed by atoms with Crippen LogP contribution in [0, 0.1) is 6.92 Å². The van der Waals surface area contributed by atoms with Crippen LogP contribution in [0.4, 0.5) is 23.1 Å². The van der Waals surface area contributed by atoms with E-state index in [1.54, 1.807) is 24.4 Å². The Kier molecular flexibility index (Phi) is 4.60. The van der Waals surface area contributed by atoms with Gasteiger partial charge in [-0.2, -0.15) is 10.1 Å². The summed E-state index contributed by atoms with van der Waals surface area (Å²) in [6.07, 6.45) is 1.55. The summed E-state index contributed by atoms with van der Waals surface area (Å²) in [5.41, 5.74) is 2.70. The fraction of sp³-hybridized carbons (Fsp3) is 0.0625. The molecule has 0 aliphatic heterocycles. The Bertz CT molecular complexity index is 838. The molecule has 0 aliphatic rings. The van der Waals surface area contributed by atoms with Crippen LogP contribution < -0.4 is 10.6 Å². The second-order valence-electron chi connectivity index (χ2n) is 4.91. The van der Waals surface area contributed by atoms with E-state index in [0.29, 0.717) is 27.5 Å². The Morgan fingerprint density at radius 2 is 1.87 bits per heavy atom. The van der Waals surface area contributed by atoms with Gasteiger partial charge in [0.2, 0.25) is 5.95 Å². The molecule has 2 aromatic carbocycles. The van der Waals surface area contributed by atoms with Crippen molar-refractivity contribution in [1.82, 2.24) is 15.2 Å². The number of hydrogen-bond acceptors (Lipinski definition) is 5. The highest BCUT2D eigenvalue weighted by Crippen LogP contribution is 2.27. The highest BCUT2D eigenvalue weighted by molar-refractivity contribution is 6.35. The third-order valence-corrected chi connectivity index (χ3v) is 3.59. The van der Waals surface area contributed by atoms with Gasteiger partial charge in [0.1, 0.15) is 0 Å². The molecule has 1 aromatic heterocycles. The first-order valence-corrected chi connectivity index (χ1v) is 7.61. The summed E-state index contributed by atoms with van der Waals surface area (Å²) in [7, 11) is 0. The van der Waals surface area contributed by atoms with Crippen LogP contribution >= 0.6 is 23.2 Å². The molecule has 0 atom stereocenters. The molecule has 0 spiro atoms. The van der Waals surface area contributed by atoms with Crippen LogP contribution in [0.25, 0.3) is 0 Å². The van der Waals surface area contributed by atoms with E-state index in [4.69, 9.17) is 23.2 Å². The van der Waals surface area contributed by atoms with Crippen molar-refractivity contribution < 1.29 is 0 Å². The number of nitrogens with zero attached hydrogens (tertiary/aromatic N) is 3. The van der Waals surface area contributed by atoms with Crippen molar-refractivity contribution in [1.29, 1.82) is 0 Å². The van der Waals surface area contributed by atoms with Crippen LogP contribution in [-0.2, 0) is 0 Å².